The number of carbonyl (C=O) groups is 3. The molecule has 152 valence electrons. The number of hydrogen-bond acceptors (Lipinski definition) is 4. The summed E-state index contributed by atoms with van der Waals surface area (Å²) in [5, 5.41) is 12.6. The molecular weight excluding hydrogens is 382 g/mol. The van der Waals surface area contributed by atoms with Gasteiger partial charge >= 0.3 is 0 Å². The summed E-state index contributed by atoms with van der Waals surface area (Å²) in [7, 11) is 1.56. The molecule has 1 aromatic heterocycles. The lowest BCUT2D eigenvalue weighted by molar-refractivity contribution is -0.117. The molecule has 2 aromatic carbocycles. The highest BCUT2D eigenvalue weighted by atomic mass is 16.2. The summed E-state index contributed by atoms with van der Waals surface area (Å²) < 4.78 is 1.55. The van der Waals surface area contributed by atoms with E-state index in [1.165, 1.54) is 0 Å². The molecule has 0 aliphatic heterocycles. The number of benzene rings is 2. The summed E-state index contributed by atoms with van der Waals surface area (Å²) in [4.78, 5) is 36.6. The van der Waals surface area contributed by atoms with Gasteiger partial charge in [-0.1, -0.05) is 18.2 Å². The third-order valence-electron chi connectivity index (χ3n) is 4.77. The number of rotatable bonds is 6. The highest BCUT2D eigenvalue weighted by Gasteiger charge is 2.30. The summed E-state index contributed by atoms with van der Waals surface area (Å²) in [5.74, 6) is -0.216. The van der Waals surface area contributed by atoms with Crippen molar-refractivity contribution in [2.75, 3.05) is 17.7 Å². The second kappa shape index (κ2) is 8.20. The van der Waals surface area contributed by atoms with Crippen molar-refractivity contribution < 1.29 is 14.4 Å². The SMILES string of the molecule is CNC(=O)c1ccc(NC(=O)c2cc(NC(=O)C3CC3)n(-c3ccccc3)n2)cc1. The molecule has 3 N–H and O–H groups in total. The topological polar surface area (TPSA) is 105 Å². The van der Waals surface area contributed by atoms with Gasteiger partial charge in [0.05, 0.1) is 5.69 Å². The van der Waals surface area contributed by atoms with Crippen molar-refractivity contribution in [1.82, 2.24) is 15.1 Å². The van der Waals surface area contributed by atoms with E-state index in [-0.39, 0.29) is 23.4 Å². The average Bonchev–Trinajstić information content (AvgIpc) is 3.55. The Labute approximate surface area is 173 Å². The Morgan fingerprint density at radius 2 is 1.63 bits per heavy atom. The van der Waals surface area contributed by atoms with Crippen LogP contribution in [0, 0.1) is 5.92 Å². The number of amides is 3. The van der Waals surface area contributed by atoms with Crippen molar-refractivity contribution in [3.05, 3.63) is 71.9 Å². The van der Waals surface area contributed by atoms with Crippen LogP contribution in [0.25, 0.3) is 5.69 Å². The Morgan fingerprint density at radius 3 is 2.27 bits per heavy atom. The largest absolute Gasteiger partial charge is 0.355 e. The minimum Gasteiger partial charge on any atom is -0.355 e. The normalized spacial score (nSPS) is 12.8. The predicted molar refractivity (Wildman–Crippen MR) is 113 cm³/mol. The second-order valence-corrected chi connectivity index (χ2v) is 7.04. The van der Waals surface area contributed by atoms with Crippen LogP contribution in [-0.2, 0) is 4.79 Å². The fraction of sp³-hybridized carbons (Fsp3) is 0.182. The predicted octanol–water partition coefficient (Wildman–Crippen LogP) is 2.83. The maximum absolute atomic E-state index is 12.7. The first-order valence-corrected chi connectivity index (χ1v) is 9.65. The van der Waals surface area contributed by atoms with E-state index in [1.54, 1.807) is 42.1 Å². The third-order valence-corrected chi connectivity index (χ3v) is 4.77. The van der Waals surface area contributed by atoms with Crippen LogP contribution >= 0.6 is 0 Å². The zero-order valence-corrected chi connectivity index (χ0v) is 16.4. The third kappa shape index (κ3) is 4.22. The molecule has 3 aromatic rings. The number of anilines is 2. The van der Waals surface area contributed by atoms with Gasteiger partial charge in [-0.3, -0.25) is 14.4 Å². The first-order valence-electron chi connectivity index (χ1n) is 9.65. The molecule has 8 nitrogen and oxygen atoms in total. The van der Waals surface area contributed by atoms with E-state index in [4.69, 9.17) is 0 Å². The Hall–Kier alpha value is -3.94. The van der Waals surface area contributed by atoms with Gasteiger partial charge in [0.25, 0.3) is 11.8 Å². The molecule has 30 heavy (non-hydrogen) atoms. The van der Waals surface area contributed by atoms with E-state index >= 15 is 0 Å². The quantitative estimate of drug-likeness (QED) is 0.588. The maximum Gasteiger partial charge on any atom is 0.276 e. The summed E-state index contributed by atoms with van der Waals surface area (Å²) in [5.41, 5.74) is 1.93. The summed E-state index contributed by atoms with van der Waals surface area (Å²) in [6.07, 6.45) is 1.76. The van der Waals surface area contributed by atoms with Crippen LogP contribution in [0.1, 0.15) is 33.7 Å². The Balaban J connectivity index is 1.57. The highest BCUT2D eigenvalue weighted by Crippen LogP contribution is 2.30. The van der Waals surface area contributed by atoms with Crippen molar-refractivity contribution in [2.24, 2.45) is 5.92 Å². The summed E-state index contributed by atoms with van der Waals surface area (Å²) >= 11 is 0. The van der Waals surface area contributed by atoms with Crippen LogP contribution in [-0.4, -0.2) is 34.5 Å². The summed E-state index contributed by atoms with van der Waals surface area (Å²) in [6.45, 7) is 0. The molecular formula is C22H21N5O3. The smallest absolute Gasteiger partial charge is 0.276 e. The number of para-hydroxylation sites is 1. The maximum atomic E-state index is 12.7. The monoisotopic (exact) mass is 403 g/mol. The van der Waals surface area contributed by atoms with Gasteiger partial charge in [-0.25, -0.2) is 4.68 Å². The van der Waals surface area contributed by atoms with E-state index in [0.29, 0.717) is 17.1 Å². The number of carbonyl (C=O) groups excluding carboxylic acids is 3. The van der Waals surface area contributed by atoms with Gasteiger partial charge in [-0.15, -0.1) is 0 Å². The van der Waals surface area contributed by atoms with E-state index in [9.17, 15) is 14.4 Å². The fourth-order valence-corrected chi connectivity index (χ4v) is 2.97. The van der Waals surface area contributed by atoms with Crippen LogP contribution in [0.2, 0.25) is 0 Å². The molecule has 0 bridgehead atoms. The molecule has 4 rings (SSSR count). The fourth-order valence-electron chi connectivity index (χ4n) is 2.97. The molecule has 0 atom stereocenters. The van der Waals surface area contributed by atoms with Gasteiger partial charge in [0.1, 0.15) is 5.82 Å². The molecule has 3 amide bonds. The Bertz CT molecular complexity index is 1090. The van der Waals surface area contributed by atoms with Gasteiger partial charge in [0.15, 0.2) is 5.69 Å². The molecule has 1 heterocycles. The zero-order chi connectivity index (χ0) is 21.1. The molecule has 1 fully saturated rings. The molecule has 1 aliphatic carbocycles. The Kier molecular flexibility index (Phi) is 5.30. The first kappa shape index (κ1) is 19.4. The lowest BCUT2D eigenvalue weighted by Gasteiger charge is -2.08. The number of aromatic nitrogens is 2. The summed E-state index contributed by atoms with van der Waals surface area (Å²) in [6, 6.07) is 17.4. The molecule has 1 saturated carbocycles. The highest BCUT2D eigenvalue weighted by molar-refractivity contribution is 6.04. The van der Waals surface area contributed by atoms with Gasteiger partial charge < -0.3 is 16.0 Å². The van der Waals surface area contributed by atoms with Crippen LogP contribution in [0.15, 0.2) is 60.7 Å². The molecule has 0 spiro atoms. The number of nitrogens with zero attached hydrogens (tertiary/aromatic N) is 2. The molecule has 1 aliphatic rings. The zero-order valence-electron chi connectivity index (χ0n) is 16.4. The van der Waals surface area contributed by atoms with Crippen molar-refractivity contribution >= 4 is 29.2 Å². The van der Waals surface area contributed by atoms with Crippen molar-refractivity contribution in [2.45, 2.75) is 12.8 Å². The standard InChI is InChI=1S/C22H21N5O3/c1-23-20(28)14-9-11-16(12-10-14)24-22(30)18-13-19(25-21(29)15-7-8-15)27(26-18)17-5-3-2-4-6-17/h2-6,9-13,15H,7-8H2,1H3,(H,23,28)(H,24,30)(H,25,29). The molecule has 0 saturated heterocycles. The van der Waals surface area contributed by atoms with Crippen molar-refractivity contribution in [3.63, 3.8) is 0 Å². The van der Waals surface area contributed by atoms with Crippen LogP contribution in [0.3, 0.4) is 0 Å². The van der Waals surface area contributed by atoms with E-state index in [1.807, 2.05) is 30.3 Å². The molecule has 8 heteroatoms. The van der Waals surface area contributed by atoms with Crippen LogP contribution < -0.4 is 16.0 Å². The lowest BCUT2D eigenvalue weighted by atomic mass is 10.2. The Morgan fingerprint density at radius 1 is 0.933 bits per heavy atom. The number of hydrogen-bond donors (Lipinski definition) is 3. The van der Waals surface area contributed by atoms with Crippen LogP contribution in [0.5, 0.6) is 0 Å². The minimum atomic E-state index is -0.417. The van der Waals surface area contributed by atoms with E-state index in [2.05, 4.69) is 21.0 Å². The minimum absolute atomic E-state index is 0.0280. The van der Waals surface area contributed by atoms with E-state index < -0.39 is 5.91 Å². The van der Waals surface area contributed by atoms with E-state index in [0.717, 1.165) is 18.5 Å². The lowest BCUT2D eigenvalue weighted by Crippen LogP contribution is -2.18. The van der Waals surface area contributed by atoms with Gasteiger partial charge in [0, 0.05) is 30.3 Å². The van der Waals surface area contributed by atoms with Crippen molar-refractivity contribution in [1.29, 1.82) is 0 Å². The first-order chi connectivity index (χ1) is 14.5. The van der Waals surface area contributed by atoms with Crippen molar-refractivity contribution in [3.8, 4) is 5.69 Å². The number of nitrogens with one attached hydrogen (secondary N) is 3. The second-order valence-electron chi connectivity index (χ2n) is 7.04. The molecule has 0 unspecified atom stereocenters. The van der Waals surface area contributed by atoms with Crippen LogP contribution in [0.4, 0.5) is 11.5 Å². The van der Waals surface area contributed by atoms with Gasteiger partial charge in [0.2, 0.25) is 5.91 Å². The molecule has 0 radical (unpaired) electrons. The van der Waals surface area contributed by atoms with Gasteiger partial charge in [-0.2, -0.15) is 5.10 Å². The van der Waals surface area contributed by atoms with Gasteiger partial charge in [-0.05, 0) is 49.2 Å². The average molecular weight is 403 g/mol.